The van der Waals surface area contributed by atoms with Crippen LogP contribution in [0.3, 0.4) is 0 Å². The molecule has 1 rings (SSSR count). The zero-order valence-electron chi connectivity index (χ0n) is 10.1. The van der Waals surface area contributed by atoms with Crippen molar-refractivity contribution < 1.29 is 14.7 Å². The Labute approximate surface area is 106 Å². The first-order chi connectivity index (χ1) is 8.02. The molecular weight excluding hydrogens is 240 g/mol. The summed E-state index contributed by atoms with van der Waals surface area (Å²) in [4.78, 5) is 21.7. The van der Waals surface area contributed by atoms with Gasteiger partial charge in [0.05, 0.1) is 0 Å². The van der Waals surface area contributed by atoms with Crippen molar-refractivity contribution >= 4 is 23.8 Å². The molecule has 0 aromatic rings. The second-order valence-corrected chi connectivity index (χ2v) is 6.19. The Balaban J connectivity index is 2.06. The first kappa shape index (κ1) is 14.2. The minimum atomic E-state index is -0.831. The van der Waals surface area contributed by atoms with Gasteiger partial charge >= 0.3 is 12.0 Å². The maximum atomic E-state index is 11.4. The largest absolute Gasteiger partial charge is 0.481 e. The third-order valence-electron chi connectivity index (χ3n) is 2.78. The fourth-order valence-corrected chi connectivity index (χ4v) is 2.99. The summed E-state index contributed by atoms with van der Waals surface area (Å²) in [7, 11) is 0. The first-order valence-electron chi connectivity index (χ1n) is 5.89. The van der Waals surface area contributed by atoms with Gasteiger partial charge in [0.25, 0.3) is 0 Å². The van der Waals surface area contributed by atoms with Crippen LogP contribution in [0.25, 0.3) is 0 Å². The summed E-state index contributed by atoms with van der Waals surface area (Å²) in [5, 5.41) is 13.9. The average molecular weight is 260 g/mol. The van der Waals surface area contributed by atoms with Crippen LogP contribution in [0.1, 0.15) is 32.6 Å². The number of carboxylic acids is 1. The molecule has 5 nitrogen and oxygen atoms in total. The topological polar surface area (TPSA) is 78.4 Å². The van der Waals surface area contributed by atoms with Crippen LogP contribution in [-0.4, -0.2) is 40.7 Å². The number of hydrogen-bond acceptors (Lipinski definition) is 3. The van der Waals surface area contributed by atoms with Crippen LogP contribution < -0.4 is 10.6 Å². The van der Waals surface area contributed by atoms with Crippen LogP contribution in [0.4, 0.5) is 4.79 Å². The minimum absolute atomic E-state index is 0.0911. The number of hydrogen-bond donors (Lipinski definition) is 3. The third-order valence-corrected chi connectivity index (χ3v) is 4.31. The van der Waals surface area contributed by atoms with Crippen LogP contribution in [0, 0.1) is 0 Å². The lowest BCUT2D eigenvalue weighted by Crippen LogP contribution is -2.42. The van der Waals surface area contributed by atoms with Crippen molar-refractivity contribution in [2.45, 2.75) is 37.4 Å². The van der Waals surface area contributed by atoms with Crippen LogP contribution >= 0.6 is 11.8 Å². The molecule has 0 bridgehead atoms. The van der Waals surface area contributed by atoms with Gasteiger partial charge in [0.15, 0.2) is 0 Å². The standard InChI is InChI=1S/C11H20N2O3S/c1-11(5-3-7-17-11)8-13-10(16)12-6-2-4-9(14)15/h2-8H2,1H3,(H,14,15)(H2,12,13,16). The molecule has 17 heavy (non-hydrogen) atoms. The molecule has 1 aliphatic rings. The molecule has 0 radical (unpaired) electrons. The van der Waals surface area contributed by atoms with E-state index in [9.17, 15) is 9.59 Å². The molecule has 1 saturated heterocycles. The molecule has 2 amide bonds. The number of nitrogens with one attached hydrogen (secondary N) is 2. The van der Waals surface area contributed by atoms with E-state index >= 15 is 0 Å². The Morgan fingerprint density at radius 3 is 2.76 bits per heavy atom. The number of aliphatic carboxylic acids is 1. The molecule has 1 atom stereocenters. The van der Waals surface area contributed by atoms with Gasteiger partial charge < -0.3 is 15.7 Å². The van der Waals surface area contributed by atoms with Crippen molar-refractivity contribution in [1.29, 1.82) is 0 Å². The monoisotopic (exact) mass is 260 g/mol. The maximum Gasteiger partial charge on any atom is 0.314 e. The van der Waals surface area contributed by atoms with Crippen LogP contribution in [0.15, 0.2) is 0 Å². The Bertz CT molecular complexity index is 278. The third kappa shape index (κ3) is 5.81. The number of amides is 2. The van der Waals surface area contributed by atoms with Gasteiger partial charge in [-0.25, -0.2) is 4.79 Å². The van der Waals surface area contributed by atoms with Gasteiger partial charge in [0, 0.05) is 24.3 Å². The number of carbonyl (C=O) groups is 2. The first-order valence-corrected chi connectivity index (χ1v) is 6.88. The van der Waals surface area contributed by atoms with E-state index < -0.39 is 5.97 Å². The minimum Gasteiger partial charge on any atom is -0.481 e. The molecule has 0 aromatic carbocycles. The van der Waals surface area contributed by atoms with Crippen molar-refractivity contribution in [2.24, 2.45) is 0 Å². The van der Waals surface area contributed by atoms with Gasteiger partial charge in [-0.15, -0.1) is 0 Å². The van der Waals surface area contributed by atoms with Crippen molar-refractivity contribution in [1.82, 2.24) is 10.6 Å². The predicted octanol–water partition coefficient (Wildman–Crippen LogP) is 1.44. The Morgan fingerprint density at radius 1 is 1.41 bits per heavy atom. The quantitative estimate of drug-likeness (QED) is 0.631. The summed E-state index contributed by atoms with van der Waals surface area (Å²) >= 11 is 1.90. The lowest BCUT2D eigenvalue weighted by Gasteiger charge is -2.22. The lowest BCUT2D eigenvalue weighted by atomic mass is 10.1. The molecule has 3 N–H and O–H groups in total. The summed E-state index contributed by atoms with van der Waals surface area (Å²) in [6.45, 7) is 3.24. The highest BCUT2D eigenvalue weighted by Crippen LogP contribution is 2.36. The highest BCUT2D eigenvalue weighted by Gasteiger charge is 2.29. The number of urea groups is 1. The van der Waals surface area contributed by atoms with E-state index in [1.165, 1.54) is 12.2 Å². The molecule has 0 saturated carbocycles. The van der Waals surface area contributed by atoms with Crippen LogP contribution in [-0.2, 0) is 4.79 Å². The van der Waals surface area contributed by atoms with Gasteiger partial charge in [-0.1, -0.05) is 0 Å². The maximum absolute atomic E-state index is 11.4. The van der Waals surface area contributed by atoms with Gasteiger partial charge in [-0.2, -0.15) is 11.8 Å². The number of rotatable bonds is 6. The van der Waals surface area contributed by atoms with E-state index in [4.69, 9.17) is 5.11 Å². The van der Waals surface area contributed by atoms with Crippen molar-refractivity contribution in [3.63, 3.8) is 0 Å². The number of carbonyl (C=O) groups excluding carboxylic acids is 1. The van der Waals surface area contributed by atoms with Crippen LogP contribution in [0.5, 0.6) is 0 Å². The molecule has 1 unspecified atom stereocenters. The Hall–Kier alpha value is -0.910. The summed E-state index contributed by atoms with van der Waals surface area (Å²) < 4.78 is 0.165. The van der Waals surface area contributed by atoms with Crippen molar-refractivity contribution in [2.75, 3.05) is 18.8 Å². The van der Waals surface area contributed by atoms with Gasteiger partial charge in [-0.05, 0) is 31.9 Å². The zero-order chi connectivity index (χ0) is 12.7. The predicted molar refractivity (Wildman–Crippen MR) is 68.4 cm³/mol. The molecule has 1 heterocycles. The fourth-order valence-electron chi connectivity index (χ4n) is 1.75. The van der Waals surface area contributed by atoms with E-state index in [1.54, 1.807) is 0 Å². The summed E-state index contributed by atoms with van der Waals surface area (Å²) in [5.74, 6) is 0.334. The number of carboxylic acid groups (broad SMARTS) is 1. The second kappa shape index (κ2) is 6.74. The Morgan fingerprint density at radius 2 is 2.18 bits per heavy atom. The van der Waals surface area contributed by atoms with Gasteiger partial charge in [0.2, 0.25) is 0 Å². The van der Waals surface area contributed by atoms with E-state index in [-0.39, 0.29) is 17.2 Å². The van der Waals surface area contributed by atoms with E-state index in [2.05, 4.69) is 17.6 Å². The van der Waals surface area contributed by atoms with Crippen molar-refractivity contribution in [3.05, 3.63) is 0 Å². The van der Waals surface area contributed by atoms with E-state index in [0.717, 1.165) is 6.42 Å². The van der Waals surface area contributed by atoms with E-state index in [0.29, 0.717) is 19.5 Å². The lowest BCUT2D eigenvalue weighted by molar-refractivity contribution is -0.137. The van der Waals surface area contributed by atoms with Gasteiger partial charge in [-0.3, -0.25) is 4.79 Å². The SMILES string of the molecule is CC1(CNC(=O)NCCCC(=O)O)CCCS1. The summed E-state index contributed by atoms with van der Waals surface area (Å²) in [5.41, 5.74) is 0. The fraction of sp³-hybridized carbons (Fsp3) is 0.818. The van der Waals surface area contributed by atoms with E-state index in [1.807, 2.05) is 11.8 Å². The van der Waals surface area contributed by atoms with Crippen molar-refractivity contribution in [3.8, 4) is 0 Å². The second-order valence-electron chi connectivity index (χ2n) is 4.51. The Kier molecular flexibility index (Phi) is 5.61. The summed E-state index contributed by atoms with van der Waals surface area (Å²) in [6.07, 6.45) is 2.91. The summed E-state index contributed by atoms with van der Waals surface area (Å²) in [6, 6.07) is -0.205. The molecule has 6 heteroatoms. The highest BCUT2D eigenvalue weighted by atomic mass is 32.2. The normalized spacial score (nSPS) is 23.4. The molecule has 1 aliphatic heterocycles. The zero-order valence-corrected chi connectivity index (χ0v) is 10.9. The van der Waals surface area contributed by atoms with Crippen LogP contribution in [0.2, 0.25) is 0 Å². The average Bonchev–Trinajstić information content (AvgIpc) is 2.69. The molecule has 0 spiro atoms. The number of thioether (sulfide) groups is 1. The molecular formula is C11H20N2O3S. The molecule has 0 aromatic heterocycles. The molecule has 1 fully saturated rings. The highest BCUT2D eigenvalue weighted by molar-refractivity contribution is 8.00. The molecule has 0 aliphatic carbocycles. The van der Waals surface area contributed by atoms with Gasteiger partial charge in [0.1, 0.15) is 0 Å². The smallest absolute Gasteiger partial charge is 0.314 e. The molecule has 98 valence electrons.